The van der Waals surface area contributed by atoms with Gasteiger partial charge in [0.15, 0.2) is 0 Å². The first-order valence-corrected chi connectivity index (χ1v) is 10.2. The van der Waals surface area contributed by atoms with Crippen LogP contribution in [-0.4, -0.2) is 60.9 Å². The van der Waals surface area contributed by atoms with Crippen LogP contribution in [0.2, 0.25) is 0 Å². The molecular weight excluding hydrogens is 396 g/mol. The molecule has 1 atom stereocenters. The Morgan fingerprint density at radius 1 is 1.23 bits per heavy atom. The highest BCUT2D eigenvalue weighted by Crippen LogP contribution is 2.41. The normalized spacial score (nSPS) is 18.8. The maximum atomic E-state index is 13.0. The van der Waals surface area contributed by atoms with E-state index in [2.05, 4.69) is 0 Å². The number of rotatable bonds is 6. The van der Waals surface area contributed by atoms with Crippen molar-refractivity contribution in [2.75, 3.05) is 34.3 Å². The standard InChI is InChI=1S/C24H30N2O5/c1-24(2,3)16-14-15(9-10-17(16)30-6)21(27)19-20(18-8-7-13-31-18)26(12-11-25(4)5)23(29)22(19)28/h7-10,13-14,20,27H,11-12H2,1-6H3/b21-19-. The molecule has 2 aromatic rings. The van der Waals surface area contributed by atoms with Crippen molar-refractivity contribution in [2.24, 2.45) is 0 Å². The molecule has 1 N–H and O–H groups in total. The van der Waals surface area contributed by atoms with E-state index in [-0.39, 0.29) is 16.7 Å². The lowest BCUT2D eigenvalue weighted by atomic mass is 9.84. The molecule has 0 spiro atoms. The number of nitrogens with zero attached hydrogens (tertiary/aromatic N) is 2. The van der Waals surface area contributed by atoms with Gasteiger partial charge in [0.05, 0.1) is 18.9 Å². The largest absolute Gasteiger partial charge is 0.507 e. The van der Waals surface area contributed by atoms with E-state index in [9.17, 15) is 14.7 Å². The molecule has 0 saturated carbocycles. The molecule has 1 aromatic carbocycles. The molecule has 1 aliphatic heterocycles. The molecule has 3 rings (SSSR count). The van der Waals surface area contributed by atoms with E-state index >= 15 is 0 Å². The van der Waals surface area contributed by atoms with Gasteiger partial charge in [0.2, 0.25) is 0 Å². The van der Waals surface area contributed by atoms with E-state index in [1.54, 1.807) is 37.4 Å². The zero-order valence-corrected chi connectivity index (χ0v) is 18.9. The van der Waals surface area contributed by atoms with Crippen LogP contribution in [0.5, 0.6) is 5.75 Å². The van der Waals surface area contributed by atoms with Gasteiger partial charge < -0.3 is 24.1 Å². The number of aliphatic hydroxyl groups is 1. The second-order valence-electron chi connectivity index (χ2n) is 8.98. The van der Waals surface area contributed by atoms with Crippen LogP contribution in [0.15, 0.2) is 46.6 Å². The number of hydrogen-bond donors (Lipinski definition) is 1. The van der Waals surface area contributed by atoms with Crippen molar-refractivity contribution in [3.05, 3.63) is 59.1 Å². The van der Waals surface area contributed by atoms with Crippen molar-refractivity contribution in [1.29, 1.82) is 0 Å². The highest BCUT2D eigenvalue weighted by molar-refractivity contribution is 6.46. The fourth-order valence-corrected chi connectivity index (χ4v) is 3.76. The summed E-state index contributed by atoms with van der Waals surface area (Å²) in [5.41, 5.74) is 1.12. The molecule has 1 aromatic heterocycles. The monoisotopic (exact) mass is 426 g/mol. The summed E-state index contributed by atoms with van der Waals surface area (Å²) in [4.78, 5) is 29.2. The maximum absolute atomic E-state index is 13.0. The molecule has 31 heavy (non-hydrogen) atoms. The first-order valence-electron chi connectivity index (χ1n) is 10.2. The van der Waals surface area contributed by atoms with Gasteiger partial charge >= 0.3 is 0 Å². The van der Waals surface area contributed by atoms with E-state index in [0.29, 0.717) is 30.2 Å². The Bertz CT molecular complexity index is 999. The quantitative estimate of drug-likeness (QED) is 0.432. The van der Waals surface area contributed by atoms with Crippen molar-refractivity contribution in [2.45, 2.75) is 32.2 Å². The minimum absolute atomic E-state index is 0.0312. The average molecular weight is 427 g/mol. The third kappa shape index (κ3) is 4.37. The fourth-order valence-electron chi connectivity index (χ4n) is 3.76. The topological polar surface area (TPSA) is 83.2 Å². The van der Waals surface area contributed by atoms with E-state index in [1.807, 2.05) is 39.8 Å². The van der Waals surface area contributed by atoms with Crippen LogP contribution in [0.4, 0.5) is 0 Å². The number of hydrogen-bond acceptors (Lipinski definition) is 6. The van der Waals surface area contributed by atoms with Crippen LogP contribution in [0.1, 0.15) is 43.7 Å². The summed E-state index contributed by atoms with van der Waals surface area (Å²) in [6.07, 6.45) is 1.49. The molecular formula is C24H30N2O5. The van der Waals surface area contributed by atoms with Crippen LogP contribution < -0.4 is 4.74 Å². The Morgan fingerprint density at radius 3 is 2.48 bits per heavy atom. The number of likely N-dealkylation sites (tertiary alicyclic amines) is 1. The summed E-state index contributed by atoms with van der Waals surface area (Å²) in [6.45, 7) is 7.02. The Hall–Kier alpha value is -3.06. The summed E-state index contributed by atoms with van der Waals surface area (Å²) >= 11 is 0. The Kier molecular flexibility index (Phi) is 6.27. The van der Waals surface area contributed by atoms with Gasteiger partial charge in [-0.2, -0.15) is 0 Å². The number of likely N-dealkylation sites (N-methyl/N-ethyl adjacent to an activating group) is 1. The molecule has 7 heteroatoms. The van der Waals surface area contributed by atoms with Crippen LogP contribution in [-0.2, 0) is 15.0 Å². The number of benzene rings is 1. The van der Waals surface area contributed by atoms with Crippen LogP contribution in [0.3, 0.4) is 0 Å². The lowest BCUT2D eigenvalue weighted by Gasteiger charge is -2.25. The van der Waals surface area contributed by atoms with Gasteiger partial charge in [0.1, 0.15) is 23.3 Å². The van der Waals surface area contributed by atoms with Gasteiger partial charge in [0, 0.05) is 24.2 Å². The van der Waals surface area contributed by atoms with E-state index < -0.39 is 17.7 Å². The number of methoxy groups -OCH3 is 1. The number of ether oxygens (including phenoxy) is 1. The third-order valence-electron chi connectivity index (χ3n) is 5.42. The van der Waals surface area contributed by atoms with E-state index in [1.165, 1.54) is 11.2 Å². The van der Waals surface area contributed by atoms with Gasteiger partial charge in [-0.3, -0.25) is 9.59 Å². The average Bonchev–Trinajstić information content (AvgIpc) is 3.32. The summed E-state index contributed by atoms with van der Waals surface area (Å²) in [5.74, 6) is -0.456. The lowest BCUT2D eigenvalue weighted by molar-refractivity contribution is -0.140. The fraction of sp³-hybridized carbons (Fsp3) is 0.417. The number of carbonyl (C=O) groups is 2. The highest BCUT2D eigenvalue weighted by atomic mass is 16.5. The zero-order chi connectivity index (χ0) is 22.9. The van der Waals surface area contributed by atoms with Crippen molar-refractivity contribution in [3.63, 3.8) is 0 Å². The van der Waals surface area contributed by atoms with Crippen molar-refractivity contribution in [1.82, 2.24) is 9.80 Å². The predicted molar refractivity (Wildman–Crippen MR) is 118 cm³/mol. The van der Waals surface area contributed by atoms with Gasteiger partial charge in [0.25, 0.3) is 11.7 Å². The molecule has 7 nitrogen and oxygen atoms in total. The summed E-state index contributed by atoms with van der Waals surface area (Å²) in [7, 11) is 5.38. The predicted octanol–water partition coefficient (Wildman–Crippen LogP) is 3.57. The first-order chi connectivity index (χ1) is 14.6. The number of aliphatic hydroxyl groups excluding tert-OH is 1. The molecule has 1 unspecified atom stereocenters. The smallest absolute Gasteiger partial charge is 0.295 e. The Balaban J connectivity index is 2.16. The SMILES string of the molecule is COc1ccc(/C(O)=C2/C(=O)C(=O)N(CCN(C)C)C2c2ccco2)cc1C(C)(C)C. The van der Waals surface area contributed by atoms with Crippen LogP contribution in [0, 0.1) is 0 Å². The second-order valence-corrected chi connectivity index (χ2v) is 8.98. The van der Waals surface area contributed by atoms with E-state index in [4.69, 9.17) is 9.15 Å². The molecule has 1 fully saturated rings. The summed E-state index contributed by atoms with van der Waals surface area (Å²) < 4.78 is 11.0. The maximum Gasteiger partial charge on any atom is 0.295 e. The number of furan rings is 1. The number of ketones is 1. The molecule has 166 valence electrons. The Morgan fingerprint density at radius 2 is 1.94 bits per heavy atom. The second kappa shape index (κ2) is 8.59. The number of Topliss-reactive ketones (excluding diaryl/α,β-unsaturated/α-hetero) is 1. The van der Waals surface area contributed by atoms with Crippen LogP contribution in [0.25, 0.3) is 5.76 Å². The van der Waals surface area contributed by atoms with Gasteiger partial charge in [-0.25, -0.2) is 0 Å². The molecule has 0 aliphatic carbocycles. The van der Waals surface area contributed by atoms with Gasteiger partial charge in [-0.1, -0.05) is 20.8 Å². The third-order valence-corrected chi connectivity index (χ3v) is 5.42. The molecule has 2 heterocycles. The van der Waals surface area contributed by atoms with Gasteiger partial charge in [-0.15, -0.1) is 0 Å². The number of carbonyl (C=O) groups excluding carboxylic acids is 2. The first kappa shape index (κ1) is 22.6. The Labute approximate surface area is 182 Å². The molecule has 0 bridgehead atoms. The highest BCUT2D eigenvalue weighted by Gasteiger charge is 2.47. The van der Waals surface area contributed by atoms with Crippen molar-refractivity contribution in [3.8, 4) is 5.75 Å². The summed E-state index contributed by atoms with van der Waals surface area (Å²) in [6, 6.07) is 7.89. The number of amides is 1. The van der Waals surface area contributed by atoms with Crippen LogP contribution >= 0.6 is 0 Å². The van der Waals surface area contributed by atoms with Crippen molar-refractivity contribution >= 4 is 17.4 Å². The van der Waals surface area contributed by atoms with Gasteiger partial charge in [-0.05, 0) is 49.8 Å². The molecule has 1 saturated heterocycles. The molecule has 1 aliphatic rings. The summed E-state index contributed by atoms with van der Waals surface area (Å²) in [5, 5.41) is 11.2. The minimum atomic E-state index is -0.782. The lowest BCUT2D eigenvalue weighted by Crippen LogP contribution is -2.35. The molecule has 1 amide bonds. The van der Waals surface area contributed by atoms with Crippen molar-refractivity contribution < 1.29 is 23.8 Å². The zero-order valence-electron chi connectivity index (χ0n) is 18.9. The van der Waals surface area contributed by atoms with E-state index in [0.717, 1.165) is 5.56 Å². The molecule has 0 radical (unpaired) electrons. The minimum Gasteiger partial charge on any atom is -0.507 e.